The third-order valence-corrected chi connectivity index (χ3v) is 18.8. The van der Waals surface area contributed by atoms with Gasteiger partial charge in [-0.2, -0.15) is 0 Å². The predicted molar refractivity (Wildman–Crippen MR) is 230 cm³/mol. The first-order chi connectivity index (χ1) is 26.4. The van der Waals surface area contributed by atoms with Crippen molar-refractivity contribution in [3.63, 3.8) is 0 Å². The average Bonchev–Trinajstić information content (AvgIpc) is 3.54. The van der Waals surface area contributed by atoms with Gasteiger partial charge in [0.1, 0.15) is 6.67 Å². The van der Waals surface area contributed by atoms with Gasteiger partial charge >= 0.3 is 5.97 Å². The molecule has 6 aliphatic rings. The Morgan fingerprint density at radius 3 is 2.23 bits per heavy atom. The summed E-state index contributed by atoms with van der Waals surface area (Å²) in [4.78, 5) is 17.1. The molecule has 4 saturated carbocycles. The number of fused-ring (bicyclic) bond motifs is 7. The Kier molecular flexibility index (Phi) is 11.5. The minimum atomic E-state index is -1.25. The molecule has 0 radical (unpaired) electrons. The number of nitrogens with zero attached hydrogens (tertiary/aromatic N) is 2. The first-order valence-corrected chi connectivity index (χ1v) is 22.7. The number of likely N-dealkylation sites (N-methyl/N-ethyl adjacent to an activating group) is 1. The number of hydrogen-bond acceptors (Lipinski definition) is 3. The predicted octanol–water partition coefficient (Wildman–Crippen LogP) is 12.4. The second kappa shape index (κ2) is 15.3. The standard InChI is InChI=1S/C50H74ClFN2O2/c1-34(2)38-18-25-49(28-29-54(31-30-53(8)9)32-35-10-12-37(51)13-11-35)27-26-47(6)40(43(38)49)14-15-42-46(5)21-19-39(45(3,4)41(46)20-22-48(42,47)7)36-16-23-50(33-52,24-17-36)44(55)56/h10-13,16,19,38,40-43H,1,14-15,17-18,20-33H2,2-9H3,(H,55,56)/t38?,40-,41+,42-,43-,46+,47-,48-,49-,50+/m1/s1. The minimum Gasteiger partial charge on any atom is -0.481 e. The fourth-order valence-electron chi connectivity index (χ4n) is 15.2. The van der Waals surface area contributed by atoms with Crippen LogP contribution in [0.1, 0.15) is 131 Å². The molecular formula is C50H74ClFN2O2. The third-order valence-electron chi connectivity index (χ3n) is 18.6. The number of halogens is 2. The molecule has 1 unspecified atom stereocenters. The number of carboxylic acids is 1. The van der Waals surface area contributed by atoms with Crippen molar-refractivity contribution < 1.29 is 14.3 Å². The normalized spacial score (nSPS) is 40.2. The quantitative estimate of drug-likeness (QED) is 0.214. The van der Waals surface area contributed by atoms with Gasteiger partial charge < -0.3 is 10.0 Å². The lowest BCUT2D eigenvalue weighted by Gasteiger charge is -2.72. The Hall–Kier alpha value is -1.95. The van der Waals surface area contributed by atoms with Crippen molar-refractivity contribution >= 4 is 17.6 Å². The molecule has 0 saturated heterocycles. The summed E-state index contributed by atoms with van der Waals surface area (Å²) in [5.41, 5.74) is 5.43. The molecule has 1 aromatic carbocycles. The fraction of sp³-hybridized carbons (Fsp3) is 0.740. The summed E-state index contributed by atoms with van der Waals surface area (Å²) in [6, 6.07) is 8.48. The molecule has 0 bridgehead atoms. The molecule has 6 heteroatoms. The van der Waals surface area contributed by atoms with Gasteiger partial charge in [0.15, 0.2) is 0 Å². The molecule has 0 spiro atoms. The van der Waals surface area contributed by atoms with E-state index >= 15 is 0 Å². The van der Waals surface area contributed by atoms with Crippen molar-refractivity contribution in [3.8, 4) is 0 Å². The van der Waals surface area contributed by atoms with Gasteiger partial charge in [-0.25, -0.2) is 4.39 Å². The van der Waals surface area contributed by atoms with Crippen LogP contribution in [0.25, 0.3) is 0 Å². The van der Waals surface area contributed by atoms with Gasteiger partial charge in [0.2, 0.25) is 0 Å². The largest absolute Gasteiger partial charge is 0.481 e. The van der Waals surface area contributed by atoms with E-state index in [-0.39, 0.29) is 16.2 Å². The van der Waals surface area contributed by atoms with Crippen LogP contribution in [-0.4, -0.2) is 61.3 Å². The summed E-state index contributed by atoms with van der Waals surface area (Å²) < 4.78 is 14.0. The first kappa shape index (κ1) is 42.2. The number of aliphatic carboxylic acids is 1. The fourth-order valence-corrected chi connectivity index (χ4v) is 15.3. The smallest absolute Gasteiger partial charge is 0.312 e. The molecule has 310 valence electrons. The summed E-state index contributed by atoms with van der Waals surface area (Å²) in [6.07, 6.45) is 19.0. The zero-order chi connectivity index (χ0) is 40.5. The van der Waals surface area contributed by atoms with Crippen LogP contribution < -0.4 is 0 Å². The highest BCUT2D eigenvalue weighted by atomic mass is 35.5. The van der Waals surface area contributed by atoms with Gasteiger partial charge in [0, 0.05) is 24.7 Å². The van der Waals surface area contributed by atoms with E-state index < -0.39 is 18.1 Å². The van der Waals surface area contributed by atoms with Gasteiger partial charge in [-0.1, -0.05) is 82.7 Å². The maximum Gasteiger partial charge on any atom is 0.312 e. The van der Waals surface area contributed by atoms with E-state index in [0.29, 0.717) is 53.8 Å². The summed E-state index contributed by atoms with van der Waals surface area (Å²) in [5, 5.41) is 10.7. The first-order valence-electron chi connectivity index (χ1n) is 22.3. The monoisotopic (exact) mass is 789 g/mol. The van der Waals surface area contributed by atoms with E-state index in [1.165, 1.54) is 80.1 Å². The molecule has 0 heterocycles. The van der Waals surface area contributed by atoms with E-state index in [9.17, 15) is 14.3 Å². The molecule has 0 aromatic heterocycles. The van der Waals surface area contributed by atoms with Gasteiger partial charge in [0.25, 0.3) is 0 Å². The zero-order valence-corrected chi connectivity index (χ0v) is 37.0. The molecule has 56 heavy (non-hydrogen) atoms. The highest BCUT2D eigenvalue weighted by molar-refractivity contribution is 6.30. The van der Waals surface area contributed by atoms with Crippen LogP contribution in [-0.2, 0) is 11.3 Å². The molecule has 6 aliphatic carbocycles. The highest BCUT2D eigenvalue weighted by Crippen LogP contribution is 2.78. The van der Waals surface area contributed by atoms with Gasteiger partial charge in [-0.15, -0.1) is 0 Å². The van der Waals surface area contributed by atoms with E-state index in [1.807, 2.05) is 12.1 Å². The van der Waals surface area contributed by atoms with Crippen molar-refractivity contribution in [2.45, 2.75) is 132 Å². The Labute approximate surface area is 344 Å². The molecule has 1 N–H and O–H groups in total. The minimum absolute atomic E-state index is 0.000455. The lowest BCUT2D eigenvalue weighted by molar-refractivity contribution is -0.227. The van der Waals surface area contributed by atoms with Crippen LogP contribution in [0.2, 0.25) is 5.02 Å². The summed E-state index contributed by atoms with van der Waals surface area (Å²) in [5.74, 6) is 2.33. The second-order valence-corrected chi connectivity index (χ2v) is 22.1. The Morgan fingerprint density at radius 1 is 0.875 bits per heavy atom. The van der Waals surface area contributed by atoms with Gasteiger partial charge in [-0.05, 0) is 197 Å². The van der Waals surface area contributed by atoms with Crippen LogP contribution in [0.15, 0.2) is 59.7 Å². The van der Waals surface area contributed by atoms with Crippen molar-refractivity contribution in [1.29, 1.82) is 0 Å². The van der Waals surface area contributed by atoms with Crippen molar-refractivity contribution in [1.82, 2.24) is 9.80 Å². The lowest BCUT2D eigenvalue weighted by Crippen LogP contribution is -2.65. The van der Waals surface area contributed by atoms with E-state index in [1.54, 1.807) is 0 Å². The molecule has 7 rings (SSSR count). The third kappa shape index (κ3) is 6.82. The molecular weight excluding hydrogens is 715 g/mol. The number of carbonyl (C=O) groups is 1. The number of alkyl halides is 1. The van der Waals surface area contributed by atoms with Crippen molar-refractivity contribution in [2.75, 3.05) is 40.4 Å². The average molecular weight is 790 g/mol. The van der Waals surface area contributed by atoms with Crippen molar-refractivity contribution in [3.05, 3.63) is 70.3 Å². The summed E-state index contributed by atoms with van der Waals surface area (Å²) >= 11 is 6.28. The lowest BCUT2D eigenvalue weighted by atomic mass is 9.32. The van der Waals surface area contributed by atoms with Crippen LogP contribution in [0.3, 0.4) is 0 Å². The van der Waals surface area contributed by atoms with Gasteiger partial charge in [-0.3, -0.25) is 9.69 Å². The Bertz CT molecular complexity index is 1720. The van der Waals surface area contributed by atoms with Crippen molar-refractivity contribution in [2.24, 2.45) is 62.1 Å². The van der Waals surface area contributed by atoms with Crippen LogP contribution >= 0.6 is 11.6 Å². The zero-order valence-electron chi connectivity index (χ0n) is 36.3. The van der Waals surface area contributed by atoms with E-state index in [4.69, 9.17) is 11.6 Å². The van der Waals surface area contributed by atoms with Gasteiger partial charge in [0.05, 0.1) is 5.41 Å². The molecule has 4 nitrogen and oxygen atoms in total. The maximum atomic E-state index is 14.0. The van der Waals surface area contributed by atoms with E-state index in [0.717, 1.165) is 43.5 Å². The molecule has 10 atom stereocenters. The van der Waals surface area contributed by atoms with Crippen LogP contribution in [0, 0.1) is 62.1 Å². The number of carboxylic acid groups (broad SMARTS) is 1. The molecule has 1 aromatic rings. The molecule has 0 amide bonds. The Balaban J connectivity index is 1.15. The summed E-state index contributed by atoms with van der Waals surface area (Å²) in [6.45, 7) is 23.6. The maximum absolute atomic E-state index is 14.0. The number of hydrogen-bond donors (Lipinski definition) is 1. The topological polar surface area (TPSA) is 43.8 Å². The van der Waals surface area contributed by atoms with E-state index in [2.05, 4.69) is 96.3 Å². The number of benzene rings is 1. The van der Waals surface area contributed by atoms with Crippen LogP contribution in [0.4, 0.5) is 4.39 Å². The molecule has 4 fully saturated rings. The Morgan fingerprint density at radius 2 is 1.61 bits per heavy atom. The second-order valence-electron chi connectivity index (χ2n) is 21.7. The highest BCUT2D eigenvalue weighted by Gasteiger charge is 2.70. The summed E-state index contributed by atoms with van der Waals surface area (Å²) in [7, 11) is 4.38. The van der Waals surface area contributed by atoms with Crippen LogP contribution in [0.5, 0.6) is 0 Å². The number of rotatable bonds is 12. The SMILES string of the molecule is C=C(C)C1CC[C@]2(CCN(CCN(C)C)Cc3ccc(Cl)cc3)CC[C@]3(C)[C@H](CC[C@@H]4[C@@]5(C)CC=C(C6=CC[C@](CF)(C(=O)O)CC6)C(C)(C)[C@@H]5CC[C@]43C)[C@@H]12. The molecule has 0 aliphatic heterocycles. The number of allylic oxidation sites excluding steroid dienone is 5.